The second kappa shape index (κ2) is 1.52. The van der Waals surface area contributed by atoms with Crippen molar-refractivity contribution in [1.29, 1.82) is 0 Å². The van der Waals surface area contributed by atoms with Gasteiger partial charge in [-0.1, -0.05) is 0 Å². The van der Waals surface area contributed by atoms with Gasteiger partial charge in [0.05, 0.1) is 0 Å². The highest BCUT2D eigenvalue weighted by molar-refractivity contribution is 8.15. The van der Waals surface area contributed by atoms with Crippen molar-refractivity contribution < 1.29 is 0 Å². The van der Waals surface area contributed by atoms with Crippen molar-refractivity contribution in [3.05, 3.63) is 11.1 Å². The Morgan fingerprint density at radius 2 is 2.57 bits per heavy atom. The summed E-state index contributed by atoms with van der Waals surface area (Å²) in [6, 6.07) is 0. The van der Waals surface area contributed by atoms with Crippen molar-refractivity contribution >= 4 is 16.9 Å². The first-order chi connectivity index (χ1) is 3.29. The molecule has 7 heavy (non-hydrogen) atoms. The van der Waals surface area contributed by atoms with Gasteiger partial charge in [-0.15, -0.1) is 0 Å². The summed E-state index contributed by atoms with van der Waals surface area (Å²) in [6.07, 6.45) is 0. The van der Waals surface area contributed by atoms with E-state index in [9.17, 15) is 0 Å². The van der Waals surface area contributed by atoms with Crippen molar-refractivity contribution in [2.24, 2.45) is 10.7 Å². The van der Waals surface area contributed by atoms with Crippen LogP contribution in [0.2, 0.25) is 0 Å². The third-order valence-electron chi connectivity index (χ3n) is 0.581. The zero-order valence-electron chi connectivity index (χ0n) is 3.93. The van der Waals surface area contributed by atoms with Crippen LogP contribution in [-0.2, 0) is 0 Å². The summed E-state index contributed by atoms with van der Waals surface area (Å²) in [5.74, 6) is 0. The standard InChI is InChI=1S/C4H5N2S/c1-3-2-7-4(5)6-3/h1H3,(H2,5,6)/q+1. The number of rotatable bonds is 0. The Kier molecular flexibility index (Phi) is 1.01. The first kappa shape index (κ1) is 4.62. The summed E-state index contributed by atoms with van der Waals surface area (Å²) in [6.45, 7) is 1.87. The van der Waals surface area contributed by atoms with E-state index in [1.54, 1.807) is 0 Å². The van der Waals surface area contributed by atoms with Gasteiger partial charge >= 0.3 is 5.41 Å². The van der Waals surface area contributed by atoms with E-state index >= 15 is 0 Å². The molecule has 36 valence electrons. The molecule has 1 rings (SSSR count). The van der Waals surface area contributed by atoms with Crippen LogP contribution >= 0.6 is 11.8 Å². The molecule has 2 N–H and O–H groups in total. The van der Waals surface area contributed by atoms with Gasteiger partial charge in [-0.25, -0.2) is 0 Å². The van der Waals surface area contributed by atoms with Gasteiger partial charge < -0.3 is 5.73 Å². The van der Waals surface area contributed by atoms with Gasteiger partial charge in [0.15, 0.2) is 0 Å². The molecule has 0 radical (unpaired) electrons. The van der Waals surface area contributed by atoms with Gasteiger partial charge in [-0.2, -0.15) is 4.99 Å². The fourth-order valence-electron chi connectivity index (χ4n) is 0.337. The van der Waals surface area contributed by atoms with Crippen molar-refractivity contribution in [3.63, 3.8) is 0 Å². The number of amidine groups is 1. The molecule has 0 aromatic rings. The van der Waals surface area contributed by atoms with E-state index in [2.05, 4.69) is 10.4 Å². The van der Waals surface area contributed by atoms with Crippen molar-refractivity contribution in [2.75, 3.05) is 0 Å². The zero-order chi connectivity index (χ0) is 5.28. The van der Waals surface area contributed by atoms with Gasteiger partial charge in [-0.05, 0) is 0 Å². The minimum absolute atomic E-state index is 0.595. The van der Waals surface area contributed by atoms with E-state index in [0.717, 1.165) is 5.70 Å². The van der Waals surface area contributed by atoms with Crippen LogP contribution in [0.3, 0.4) is 0 Å². The Hall–Kier alpha value is -0.530. The van der Waals surface area contributed by atoms with E-state index in [-0.39, 0.29) is 0 Å². The van der Waals surface area contributed by atoms with E-state index in [0.29, 0.717) is 5.17 Å². The largest absolute Gasteiger partial charge is 0.374 e. The Balaban J connectivity index is 2.69. The number of hydrogen-bond acceptors (Lipinski definition) is 3. The maximum absolute atomic E-state index is 5.25. The molecule has 0 atom stereocenters. The molecule has 0 saturated carbocycles. The minimum Gasteiger partial charge on any atom is -0.374 e. The fraction of sp³-hybridized carbons (Fsp3) is 0.250. The molecule has 1 aliphatic rings. The Labute approximate surface area is 46.5 Å². The lowest BCUT2D eigenvalue weighted by molar-refractivity contribution is 1.32. The summed E-state index contributed by atoms with van der Waals surface area (Å²) in [4.78, 5) is 3.85. The monoisotopic (exact) mass is 113 g/mol. The van der Waals surface area contributed by atoms with E-state index in [1.807, 2.05) is 6.92 Å². The Bertz CT molecular complexity index is 137. The first-order valence-electron chi connectivity index (χ1n) is 1.89. The van der Waals surface area contributed by atoms with Crippen LogP contribution in [0.25, 0.3) is 0 Å². The lowest BCUT2D eigenvalue weighted by Crippen LogP contribution is -2.01. The number of nitrogens with zero attached hydrogens (tertiary/aromatic N) is 1. The van der Waals surface area contributed by atoms with E-state index < -0.39 is 0 Å². The molecule has 0 amide bonds. The predicted octanol–water partition coefficient (Wildman–Crippen LogP) is 0.712. The summed E-state index contributed by atoms with van der Waals surface area (Å²) in [7, 11) is 0. The van der Waals surface area contributed by atoms with Crippen LogP contribution in [0.1, 0.15) is 6.92 Å². The van der Waals surface area contributed by atoms with Gasteiger partial charge in [0.25, 0.3) is 5.70 Å². The van der Waals surface area contributed by atoms with E-state index in [1.165, 1.54) is 11.8 Å². The predicted molar refractivity (Wildman–Crippen MR) is 31.6 cm³/mol. The van der Waals surface area contributed by atoms with Crippen LogP contribution in [0, 0.1) is 5.41 Å². The molecule has 0 aromatic carbocycles. The molecule has 0 bridgehead atoms. The molecule has 1 heterocycles. The second-order valence-corrected chi connectivity index (χ2v) is 2.07. The van der Waals surface area contributed by atoms with Crippen molar-refractivity contribution in [1.82, 2.24) is 0 Å². The molecule has 0 unspecified atom stereocenters. The number of hydrogen-bond donors (Lipinski definition) is 1. The maximum atomic E-state index is 5.25. The summed E-state index contributed by atoms with van der Waals surface area (Å²) < 4.78 is 0. The molecule has 0 spiro atoms. The summed E-state index contributed by atoms with van der Waals surface area (Å²) >= 11 is 1.35. The summed E-state index contributed by atoms with van der Waals surface area (Å²) in [5, 5.41) is 3.47. The van der Waals surface area contributed by atoms with Crippen LogP contribution in [-0.4, -0.2) is 5.17 Å². The SMILES string of the molecule is CC1=[C+]SC(N)=N1. The van der Waals surface area contributed by atoms with Crippen LogP contribution in [0.4, 0.5) is 0 Å². The number of aliphatic imine (C=N–C) groups is 1. The zero-order valence-corrected chi connectivity index (χ0v) is 4.75. The van der Waals surface area contributed by atoms with Crippen LogP contribution < -0.4 is 5.73 Å². The van der Waals surface area contributed by atoms with Crippen LogP contribution in [0.5, 0.6) is 0 Å². The molecule has 0 aromatic heterocycles. The third-order valence-corrected chi connectivity index (χ3v) is 1.28. The third kappa shape index (κ3) is 0.918. The van der Waals surface area contributed by atoms with E-state index in [4.69, 9.17) is 5.73 Å². The molecule has 0 aliphatic carbocycles. The highest BCUT2D eigenvalue weighted by atomic mass is 32.2. The maximum Gasteiger partial charge on any atom is 0.341 e. The molecule has 0 fully saturated rings. The molecule has 0 saturated heterocycles. The van der Waals surface area contributed by atoms with Crippen LogP contribution in [0.15, 0.2) is 10.7 Å². The highest BCUT2D eigenvalue weighted by Crippen LogP contribution is 2.14. The smallest absolute Gasteiger partial charge is 0.341 e. The minimum atomic E-state index is 0.595. The molecular weight excluding hydrogens is 108 g/mol. The molecule has 1 aliphatic heterocycles. The quantitative estimate of drug-likeness (QED) is 0.470. The Morgan fingerprint density at radius 3 is 2.71 bits per heavy atom. The van der Waals surface area contributed by atoms with Gasteiger partial charge in [0, 0.05) is 6.92 Å². The number of allylic oxidation sites excluding steroid dienone is 1. The number of nitrogens with two attached hydrogens (primary N) is 1. The van der Waals surface area contributed by atoms with Gasteiger partial charge in [0.2, 0.25) is 16.9 Å². The molecule has 3 heteroatoms. The highest BCUT2D eigenvalue weighted by Gasteiger charge is 2.16. The van der Waals surface area contributed by atoms with Gasteiger partial charge in [-0.3, -0.25) is 0 Å². The number of thioether (sulfide) groups is 1. The van der Waals surface area contributed by atoms with Crippen molar-refractivity contribution in [2.45, 2.75) is 6.92 Å². The van der Waals surface area contributed by atoms with Gasteiger partial charge in [0.1, 0.15) is 0 Å². The average Bonchev–Trinajstić information content (AvgIpc) is 1.87. The normalized spacial score (nSPS) is 17.9. The lowest BCUT2D eigenvalue weighted by Gasteiger charge is -1.69. The van der Waals surface area contributed by atoms with Crippen molar-refractivity contribution in [3.8, 4) is 0 Å². The molecule has 2 nitrogen and oxygen atoms in total. The first-order valence-corrected chi connectivity index (χ1v) is 2.71. The second-order valence-electron chi connectivity index (χ2n) is 1.24. The lowest BCUT2D eigenvalue weighted by atomic mass is 10.6. The topological polar surface area (TPSA) is 38.4 Å². The summed E-state index contributed by atoms with van der Waals surface area (Å²) in [5.41, 5.74) is 6.13. The average molecular weight is 113 g/mol. The Morgan fingerprint density at radius 1 is 1.86 bits per heavy atom. The molecular formula is C4H5N2S+. The fourth-order valence-corrected chi connectivity index (χ4v) is 0.818.